The maximum atomic E-state index is 15.0. The van der Waals surface area contributed by atoms with Crippen LogP contribution in [0, 0.1) is 19.8 Å². The van der Waals surface area contributed by atoms with Crippen LogP contribution in [-0.4, -0.2) is 204 Å². The van der Waals surface area contributed by atoms with E-state index in [9.17, 15) is 66.6 Å². The molecule has 4 aromatic carbocycles. The zero-order chi connectivity index (χ0) is 77.9. The Balaban J connectivity index is 1.23. The number of nitrogens with two attached hydrogens (primary N) is 6. The number of anilines is 4. The van der Waals surface area contributed by atoms with Crippen molar-refractivity contribution in [1.82, 2.24) is 67.6 Å². The van der Waals surface area contributed by atoms with Gasteiger partial charge in [-0.1, -0.05) is 56.3 Å². The maximum absolute atomic E-state index is 15.0. The van der Waals surface area contributed by atoms with Crippen LogP contribution in [0.25, 0.3) is 22.0 Å². The molecular weight excluding hydrogens is 1390 g/mol. The zero-order valence-corrected chi connectivity index (χ0v) is 60.9. The molecule has 7 rings (SSSR count). The van der Waals surface area contributed by atoms with Crippen molar-refractivity contribution in [2.75, 3.05) is 56.2 Å². The number of amides is 10. The molecule has 0 aliphatic carbocycles. The molecule has 0 saturated carbocycles. The third kappa shape index (κ3) is 21.8. The first-order valence-corrected chi connectivity index (χ1v) is 36.1. The normalized spacial score (nSPS) is 20.0. The van der Waals surface area contributed by atoms with Crippen LogP contribution in [0.3, 0.4) is 0 Å². The second-order valence-corrected chi connectivity index (χ2v) is 27.8. The highest BCUT2D eigenvalue weighted by Crippen LogP contribution is 2.33. The number of carbonyl (C=O) groups is 10. The van der Waals surface area contributed by atoms with Gasteiger partial charge in [0, 0.05) is 55.6 Å². The topological polar surface area (TPSA) is 560 Å². The second-order valence-electron chi connectivity index (χ2n) is 26.3. The summed E-state index contributed by atoms with van der Waals surface area (Å²) in [6.07, 6.45) is -1.69. The number of aliphatic hydroxyl groups is 2. The molecular formula is C70H97N21O14S. The number of primary sulfonamides is 1. The first kappa shape index (κ1) is 82.8. The number of hydrogen-bond donors (Lipinski definition) is 17. The molecule has 36 heteroatoms. The Morgan fingerprint density at radius 1 is 0.679 bits per heavy atom. The molecule has 6 aromatic rings. The molecule has 0 spiro atoms. The van der Waals surface area contributed by atoms with Gasteiger partial charge >= 0.3 is 0 Å². The average molecular weight is 1490 g/mol. The van der Waals surface area contributed by atoms with Gasteiger partial charge in [0.2, 0.25) is 69.1 Å². The molecule has 10 atom stereocenters. The van der Waals surface area contributed by atoms with Crippen molar-refractivity contribution in [2.24, 2.45) is 46.8 Å². The summed E-state index contributed by atoms with van der Waals surface area (Å²) in [5.41, 5.74) is 34.0. The predicted molar refractivity (Wildman–Crippen MR) is 394 cm³/mol. The Bertz CT molecular complexity index is 4260. The van der Waals surface area contributed by atoms with Crippen LogP contribution in [0.4, 0.5) is 23.1 Å². The van der Waals surface area contributed by atoms with E-state index in [0.29, 0.717) is 28.1 Å². The van der Waals surface area contributed by atoms with Crippen LogP contribution in [0.5, 0.6) is 0 Å². The minimum Gasteiger partial charge on any atom is -0.394 e. The van der Waals surface area contributed by atoms with Crippen molar-refractivity contribution in [2.45, 2.75) is 145 Å². The molecule has 1 fully saturated rings. The highest BCUT2D eigenvalue weighted by molar-refractivity contribution is 7.89. The molecule has 3 heterocycles. The number of benzene rings is 4. The summed E-state index contributed by atoms with van der Waals surface area (Å²) in [7, 11) is -0.649. The third-order valence-electron chi connectivity index (χ3n) is 17.8. The number of aromatic nitrogens is 4. The van der Waals surface area contributed by atoms with E-state index in [2.05, 4.69) is 57.9 Å². The first-order chi connectivity index (χ1) is 50.3. The van der Waals surface area contributed by atoms with E-state index in [1.807, 2.05) is 32.2 Å². The fourth-order valence-corrected chi connectivity index (χ4v) is 12.5. The summed E-state index contributed by atoms with van der Waals surface area (Å²) < 4.78 is 27.6. The number of nitrogens with zero attached hydrogens (tertiary/aromatic N) is 6. The lowest BCUT2D eigenvalue weighted by molar-refractivity contribution is -0.136. The molecule has 1 aliphatic rings. The molecule has 35 nitrogen and oxygen atoms in total. The van der Waals surface area contributed by atoms with Crippen molar-refractivity contribution in [3.8, 4) is 11.1 Å². The number of hydrogen-bond acceptors (Lipinski definition) is 23. The zero-order valence-electron chi connectivity index (χ0n) is 60.1. The van der Waals surface area contributed by atoms with Crippen LogP contribution >= 0.6 is 0 Å². The molecule has 1 saturated heterocycles. The number of carbonyl (C=O) groups excluding carboxylic acids is 10. The number of aliphatic hydroxyl groups excluding tert-OH is 2. The largest absolute Gasteiger partial charge is 0.394 e. The van der Waals surface area contributed by atoms with Gasteiger partial charge in [0.25, 0.3) is 5.91 Å². The molecule has 10 amide bonds. The van der Waals surface area contributed by atoms with Crippen molar-refractivity contribution in [3.05, 3.63) is 120 Å². The van der Waals surface area contributed by atoms with E-state index in [-0.39, 0.29) is 92.7 Å². The monoisotopic (exact) mass is 1490 g/mol. The van der Waals surface area contributed by atoms with Crippen LogP contribution in [0.1, 0.15) is 86.5 Å². The van der Waals surface area contributed by atoms with E-state index in [1.54, 1.807) is 98.1 Å². The number of nitrogens with one attached hydrogen (secondary N) is 9. The highest BCUT2D eigenvalue weighted by Gasteiger charge is 2.37. The Labute approximate surface area is 613 Å². The summed E-state index contributed by atoms with van der Waals surface area (Å²) in [4.78, 5) is 155. The standard InChI is InChI=1S/C70H97N21O14S/c1-37(2)32-55-66(100)82-50(21-27-72)62(96)81-52(23-29-74)65(99)87-59(40(5)93)68(102)77-30-24-53(83-61(95)49(20-26-71)79-60(94)48(75)36-92)64(98)80-51(22-28-73)63(97)85-56(67(101)84-55)33-41-9-11-42(12-10-41)43-13-15-44(16-14-43)69(103)91(46-17-8-38(3)57(35-46)106(76,104)105)70-78-31-25-58(86-70)89(6)45-18-19-47-39(4)90(7)88-54(47)34-45/h8-19,25,31,34-35,37,40,48-53,55-56,59,92-93H,20-24,26-30,32-33,36,71-75H2,1-7H3,(H,77,102)(H,79,94)(H,80,98)(H,81,96)(H,82,100)(H,83,95)(H,84,101)(H,85,97)(H,87,99)(H2,76,104,105)/t40-,48+,49-,50-,51?,52-,53?,55-,56?,59-/m1/s1. The summed E-state index contributed by atoms with van der Waals surface area (Å²) in [5.74, 6) is -9.19. The third-order valence-corrected chi connectivity index (χ3v) is 18.8. The lowest BCUT2D eigenvalue weighted by atomic mass is 9.98. The minimum absolute atomic E-state index is 0.0226. The average Bonchev–Trinajstić information content (AvgIpc) is 1.32. The Hall–Kier alpha value is -10.4. The van der Waals surface area contributed by atoms with Crippen molar-refractivity contribution in [1.29, 1.82) is 0 Å². The van der Waals surface area contributed by atoms with Gasteiger partial charge in [-0.15, -0.1) is 0 Å². The second kappa shape index (κ2) is 38.0. The van der Waals surface area contributed by atoms with Crippen LogP contribution < -0.4 is 91.5 Å². The van der Waals surface area contributed by atoms with Gasteiger partial charge in [-0.3, -0.25) is 52.6 Å². The van der Waals surface area contributed by atoms with E-state index >= 15 is 0 Å². The summed E-state index contributed by atoms with van der Waals surface area (Å²) in [5, 5.41) is 54.6. The number of sulfonamides is 1. The van der Waals surface area contributed by atoms with Gasteiger partial charge in [0.05, 0.1) is 28.8 Å². The van der Waals surface area contributed by atoms with Gasteiger partial charge in [-0.2, -0.15) is 10.1 Å². The molecule has 0 bridgehead atoms. The smallest absolute Gasteiger partial charge is 0.265 e. The number of rotatable bonds is 25. The van der Waals surface area contributed by atoms with E-state index in [0.717, 1.165) is 22.3 Å². The van der Waals surface area contributed by atoms with Gasteiger partial charge < -0.3 is 91.6 Å². The molecule has 2 aromatic heterocycles. The summed E-state index contributed by atoms with van der Waals surface area (Å²) in [6.45, 7) is 6.29. The van der Waals surface area contributed by atoms with E-state index in [4.69, 9.17) is 38.8 Å². The van der Waals surface area contributed by atoms with Gasteiger partial charge in [-0.25, -0.2) is 23.4 Å². The van der Waals surface area contributed by atoms with E-state index < -0.39 is 149 Å². The highest BCUT2D eigenvalue weighted by atomic mass is 32.2. The molecule has 1 aliphatic heterocycles. The predicted octanol–water partition coefficient (Wildman–Crippen LogP) is -2.88. The SMILES string of the molecule is Cc1ccc(N(C(=O)c2ccc(-c3ccc(CC4NC(=O)C(CCN)NC(=O)C(NC(=O)[C@@H](CCN)NC(=O)[C@@H](N)CO)CCNC(=O)[C@@H]([C@@H](C)O)NC(=O)[C@@H](CCN)NC(=O)[C@@H](CCN)NC(=O)[C@@H](CC(C)C)NC4=O)cc3)cc2)c2nccc(N(C)c3ccc4c(C)n(C)nc4c3)n2)cc1S(N)(=O)=O. The minimum atomic E-state index is -4.29. The fraction of sp³-hybridized carbons (Fsp3) is 0.443. The summed E-state index contributed by atoms with van der Waals surface area (Å²) >= 11 is 0. The van der Waals surface area contributed by atoms with Crippen LogP contribution in [0.15, 0.2) is 102 Å². The van der Waals surface area contributed by atoms with Gasteiger partial charge in [-0.05, 0) is 162 Å². The van der Waals surface area contributed by atoms with Gasteiger partial charge in [0.15, 0.2) is 0 Å². The Morgan fingerprint density at radius 2 is 1.23 bits per heavy atom. The number of aryl methyl sites for hydroxylation is 3. The Morgan fingerprint density at radius 3 is 1.79 bits per heavy atom. The van der Waals surface area contributed by atoms with E-state index in [1.165, 1.54) is 30.2 Å². The van der Waals surface area contributed by atoms with Crippen molar-refractivity contribution >= 4 is 103 Å². The quantitative estimate of drug-likeness (QED) is 0.0274. The fourth-order valence-electron chi connectivity index (χ4n) is 11.7. The lowest BCUT2D eigenvalue weighted by Crippen LogP contribution is -2.61. The summed E-state index contributed by atoms with van der Waals surface area (Å²) in [6, 6.07) is 11.4. The molecule has 106 heavy (non-hydrogen) atoms. The molecule has 0 radical (unpaired) electrons. The number of fused-ring (bicyclic) bond motifs is 1. The van der Waals surface area contributed by atoms with Crippen LogP contribution in [0.2, 0.25) is 0 Å². The maximum Gasteiger partial charge on any atom is 0.265 e. The molecule has 23 N–H and O–H groups in total. The van der Waals surface area contributed by atoms with Gasteiger partial charge in [0.1, 0.15) is 60.2 Å². The molecule has 572 valence electrons. The van der Waals surface area contributed by atoms with Crippen molar-refractivity contribution < 1.29 is 66.6 Å². The lowest BCUT2D eigenvalue weighted by Gasteiger charge is -2.28. The van der Waals surface area contributed by atoms with Crippen LogP contribution in [-0.2, 0) is 66.6 Å². The first-order valence-electron chi connectivity index (χ1n) is 34.5. The van der Waals surface area contributed by atoms with Crippen molar-refractivity contribution in [3.63, 3.8) is 0 Å². The molecule has 3 unspecified atom stereocenters. The Kier molecular flexibility index (Phi) is 29.7.